The third-order valence-electron chi connectivity index (χ3n) is 4.00. The molecule has 27 heavy (non-hydrogen) atoms. The highest BCUT2D eigenvalue weighted by atomic mass is 32.2. The highest BCUT2D eigenvalue weighted by molar-refractivity contribution is 7.99. The van der Waals surface area contributed by atoms with Gasteiger partial charge in [-0.25, -0.2) is 0 Å². The topological polar surface area (TPSA) is 37.7 Å². The number of halogens is 2. The fraction of sp³-hybridized carbons (Fsp3) is 0.316. The molecule has 0 heterocycles. The van der Waals surface area contributed by atoms with Crippen LogP contribution < -0.4 is 20.3 Å². The Labute approximate surface area is 168 Å². The van der Waals surface area contributed by atoms with Gasteiger partial charge < -0.3 is 20.3 Å². The van der Waals surface area contributed by atoms with Gasteiger partial charge in [0.05, 0.1) is 27.7 Å². The molecule has 0 radical (unpaired) electrons. The van der Waals surface area contributed by atoms with Crippen molar-refractivity contribution in [3.63, 3.8) is 0 Å². The molecule has 0 unspecified atom stereocenters. The third kappa shape index (κ3) is 6.97. The zero-order valence-corrected chi connectivity index (χ0v) is 17.1. The average molecular weight is 413 g/mol. The van der Waals surface area contributed by atoms with Gasteiger partial charge in [-0.3, -0.25) is 0 Å². The number of quaternary nitrogens is 1. The Morgan fingerprint density at radius 3 is 2.48 bits per heavy atom. The van der Waals surface area contributed by atoms with Gasteiger partial charge in [0.2, 0.25) is 0 Å². The first-order valence-electron chi connectivity index (χ1n) is 8.42. The summed E-state index contributed by atoms with van der Waals surface area (Å²) in [4.78, 5) is 1.77. The molecule has 2 aromatic rings. The number of thiocarbonyl (C=S) groups is 1. The predicted molar refractivity (Wildman–Crippen MR) is 111 cm³/mol. The Hall–Kier alpha value is -1.90. The van der Waals surface area contributed by atoms with Crippen LogP contribution in [-0.2, 0) is 0 Å². The molecule has 0 fully saturated rings. The summed E-state index contributed by atoms with van der Waals surface area (Å²) < 4.78 is 30.0. The molecule has 0 aliphatic carbocycles. The molecule has 0 amide bonds. The lowest BCUT2D eigenvalue weighted by Crippen LogP contribution is -3.07. The van der Waals surface area contributed by atoms with Crippen molar-refractivity contribution in [2.24, 2.45) is 0 Å². The summed E-state index contributed by atoms with van der Waals surface area (Å²) in [5, 5.41) is 6.79. The molecule has 0 aromatic heterocycles. The predicted octanol–water partition coefficient (Wildman–Crippen LogP) is 3.18. The molecule has 0 aliphatic rings. The fourth-order valence-electron chi connectivity index (χ4n) is 2.60. The Morgan fingerprint density at radius 2 is 1.89 bits per heavy atom. The van der Waals surface area contributed by atoms with Crippen molar-refractivity contribution >= 4 is 34.8 Å². The van der Waals surface area contributed by atoms with E-state index < -0.39 is 5.76 Å². The van der Waals surface area contributed by atoms with E-state index in [1.165, 1.54) is 4.90 Å². The minimum absolute atomic E-state index is 0.185. The number of thioether (sulfide) groups is 1. The summed E-state index contributed by atoms with van der Waals surface area (Å²) in [5.74, 6) is -1.60. The van der Waals surface area contributed by atoms with Crippen LogP contribution in [0.4, 0.5) is 14.5 Å². The van der Waals surface area contributed by atoms with Crippen LogP contribution in [0.5, 0.6) is 5.75 Å². The number of ether oxygens (including phenoxy) is 1. The van der Waals surface area contributed by atoms with Gasteiger partial charge in [0.1, 0.15) is 11.8 Å². The molecule has 3 N–H and O–H groups in total. The lowest BCUT2D eigenvalue weighted by molar-refractivity contribution is -0.890. The zero-order chi connectivity index (χ0) is 19.8. The van der Waals surface area contributed by atoms with Crippen molar-refractivity contribution < 1.29 is 18.4 Å². The largest absolute Gasteiger partial charge is 0.497 e. The maximum atomic E-state index is 12.4. The second-order valence-corrected chi connectivity index (χ2v) is 7.62. The van der Waals surface area contributed by atoms with E-state index in [2.05, 4.69) is 30.8 Å². The summed E-state index contributed by atoms with van der Waals surface area (Å²) in [6.45, 7) is 0.640. The van der Waals surface area contributed by atoms with Gasteiger partial charge >= 0.3 is 0 Å². The van der Waals surface area contributed by atoms with Gasteiger partial charge in [-0.05, 0) is 48.6 Å². The number of benzene rings is 2. The second-order valence-electron chi connectivity index (χ2n) is 6.14. The molecule has 0 bridgehead atoms. The maximum absolute atomic E-state index is 12.4. The number of hydrogen-bond acceptors (Lipinski definition) is 3. The highest BCUT2D eigenvalue weighted by Gasteiger charge is 2.18. The molecule has 2 rings (SSSR count). The van der Waals surface area contributed by atoms with Crippen LogP contribution in [0.15, 0.2) is 53.4 Å². The van der Waals surface area contributed by atoms with Crippen molar-refractivity contribution in [3.05, 3.63) is 54.1 Å². The number of anilines is 1. The maximum Gasteiger partial charge on any atom is 0.288 e. The van der Waals surface area contributed by atoms with Crippen LogP contribution >= 0.6 is 24.0 Å². The van der Waals surface area contributed by atoms with Crippen LogP contribution in [0.3, 0.4) is 0 Å². The lowest BCUT2D eigenvalue weighted by atomic mass is 10.1. The lowest BCUT2D eigenvalue weighted by Gasteiger charge is -2.23. The smallest absolute Gasteiger partial charge is 0.288 e. The normalized spacial score (nSPS) is 12.1. The summed E-state index contributed by atoms with van der Waals surface area (Å²) in [6.07, 6.45) is 0. The number of methoxy groups -OCH3 is 1. The molecular weight excluding hydrogens is 388 g/mol. The van der Waals surface area contributed by atoms with Gasteiger partial charge in [-0.2, -0.15) is 8.78 Å². The van der Waals surface area contributed by atoms with Gasteiger partial charge in [-0.1, -0.05) is 23.9 Å². The summed E-state index contributed by atoms with van der Waals surface area (Å²) in [6, 6.07) is 14.9. The SMILES string of the molecule is COc1cccc([C@@H](CNC(=S)Nc2ccc(SC(F)F)cc2)[NH+](C)C)c1. The van der Waals surface area contributed by atoms with E-state index in [-0.39, 0.29) is 6.04 Å². The number of hydrogen-bond donors (Lipinski definition) is 3. The van der Waals surface area contributed by atoms with Crippen molar-refractivity contribution in [2.45, 2.75) is 16.7 Å². The molecule has 146 valence electrons. The van der Waals surface area contributed by atoms with Crippen LogP contribution in [0.2, 0.25) is 0 Å². The first kappa shape index (κ1) is 21.4. The Morgan fingerprint density at radius 1 is 1.19 bits per heavy atom. The van der Waals surface area contributed by atoms with Crippen LogP contribution in [0, 0.1) is 0 Å². The average Bonchev–Trinajstić information content (AvgIpc) is 2.63. The minimum Gasteiger partial charge on any atom is -0.497 e. The zero-order valence-electron chi connectivity index (χ0n) is 15.5. The Balaban J connectivity index is 1.93. The molecule has 0 aliphatic heterocycles. The van der Waals surface area contributed by atoms with Crippen molar-refractivity contribution in [2.75, 3.05) is 33.1 Å². The molecule has 0 spiro atoms. The molecule has 8 heteroatoms. The highest BCUT2D eigenvalue weighted by Crippen LogP contribution is 2.26. The van der Waals surface area contributed by atoms with Gasteiger partial charge in [0.15, 0.2) is 5.11 Å². The van der Waals surface area contributed by atoms with E-state index in [1.807, 2.05) is 18.2 Å². The minimum atomic E-state index is -2.42. The van der Waals surface area contributed by atoms with Crippen LogP contribution in [0.1, 0.15) is 11.6 Å². The van der Waals surface area contributed by atoms with Crippen molar-refractivity contribution in [1.82, 2.24) is 5.32 Å². The molecule has 2 aromatic carbocycles. The second kappa shape index (κ2) is 10.4. The molecule has 1 atom stereocenters. The van der Waals surface area contributed by atoms with E-state index in [4.69, 9.17) is 17.0 Å². The molecule has 4 nitrogen and oxygen atoms in total. The monoisotopic (exact) mass is 412 g/mol. The molecule has 0 saturated heterocycles. The van der Waals surface area contributed by atoms with Gasteiger partial charge in [-0.15, -0.1) is 0 Å². The molecular formula is C19H24F2N3OS2+. The van der Waals surface area contributed by atoms with Crippen molar-refractivity contribution in [1.29, 1.82) is 0 Å². The quantitative estimate of drug-likeness (QED) is 0.459. The van der Waals surface area contributed by atoms with E-state index in [0.717, 1.165) is 17.0 Å². The standard InChI is InChI=1S/C19H23F2N3OS2/c1-24(2)17(13-5-4-6-15(11-13)25-3)12-22-19(26)23-14-7-9-16(10-8-14)27-18(20)21/h4-11,17-18H,12H2,1-3H3,(H2,22,23,26)/p+1/t17-/m1/s1. The van der Waals surface area contributed by atoms with Crippen LogP contribution in [-0.4, -0.2) is 38.6 Å². The summed E-state index contributed by atoms with van der Waals surface area (Å²) in [7, 11) is 5.82. The number of alkyl halides is 2. The van der Waals surface area contributed by atoms with Gasteiger partial charge in [0, 0.05) is 16.1 Å². The summed E-state index contributed by atoms with van der Waals surface area (Å²) in [5.41, 5.74) is 1.90. The number of nitrogens with one attached hydrogen (secondary N) is 3. The van der Waals surface area contributed by atoms with E-state index in [0.29, 0.717) is 28.3 Å². The first-order chi connectivity index (χ1) is 12.9. The Kier molecular flexibility index (Phi) is 8.27. The Bertz CT molecular complexity index is 742. The number of likely N-dealkylation sites (N-methyl/N-ethyl adjacent to an activating group) is 1. The van der Waals surface area contributed by atoms with Crippen molar-refractivity contribution in [3.8, 4) is 5.75 Å². The molecule has 0 saturated carbocycles. The number of rotatable bonds is 8. The third-order valence-corrected chi connectivity index (χ3v) is 4.97. The summed E-state index contributed by atoms with van der Waals surface area (Å²) >= 11 is 5.88. The van der Waals surface area contributed by atoms with E-state index >= 15 is 0 Å². The van der Waals surface area contributed by atoms with Gasteiger partial charge in [0.25, 0.3) is 5.76 Å². The van der Waals surface area contributed by atoms with E-state index in [1.54, 1.807) is 31.4 Å². The fourth-order valence-corrected chi connectivity index (χ4v) is 3.30. The van der Waals surface area contributed by atoms with Crippen LogP contribution in [0.25, 0.3) is 0 Å². The first-order valence-corrected chi connectivity index (χ1v) is 9.71. The van der Waals surface area contributed by atoms with E-state index in [9.17, 15) is 8.78 Å².